The van der Waals surface area contributed by atoms with Crippen LogP contribution in [-0.4, -0.2) is 39.4 Å². The van der Waals surface area contributed by atoms with Crippen LogP contribution in [0.25, 0.3) is 10.6 Å². The molecule has 0 N–H and O–H groups in total. The Hall–Kier alpha value is -2.86. The topological polar surface area (TPSA) is 45.7 Å². The average molecular weight is 420 g/mol. The van der Waals surface area contributed by atoms with E-state index in [0.717, 1.165) is 47.8 Å². The number of ether oxygens (including phenoxy) is 1. The number of rotatable bonds is 4. The summed E-state index contributed by atoms with van der Waals surface area (Å²) in [6.45, 7) is 3.08. The molecule has 0 radical (unpaired) electrons. The van der Waals surface area contributed by atoms with Gasteiger partial charge in [-0.15, -0.1) is 11.3 Å². The fourth-order valence-corrected chi connectivity index (χ4v) is 5.18. The van der Waals surface area contributed by atoms with Gasteiger partial charge < -0.3 is 14.5 Å². The lowest BCUT2D eigenvalue weighted by molar-refractivity contribution is -0.129. The Morgan fingerprint density at radius 3 is 2.53 bits per heavy atom. The highest BCUT2D eigenvalue weighted by Crippen LogP contribution is 2.34. The Bertz CT molecular complexity index is 1000. The number of carbonyl (C=O) groups is 1. The maximum absolute atomic E-state index is 11.7. The van der Waals surface area contributed by atoms with Crippen molar-refractivity contribution in [2.24, 2.45) is 0 Å². The van der Waals surface area contributed by atoms with Gasteiger partial charge in [-0.25, -0.2) is 4.98 Å². The third-order valence-corrected chi connectivity index (χ3v) is 7.05. The molecule has 2 aromatic rings. The Kier molecular flexibility index (Phi) is 5.17. The van der Waals surface area contributed by atoms with Crippen LogP contribution in [0.15, 0.2) is 61.0 Å². The molecule has 1 aromatic heterocycles. The van der Waals surface area contributed by atoms with E-state index in [1.807, 2.05) is 29.2 Å². The van der Waals surface area contributed by atoms with Gasteiger partial charge in [0.25, 0.3) is 0 Å². The molecule has 1 aliphatic carbocycles. The van der Waals surface area contributed by atoms with Gasteiger partial charge in [0.05, 0.1) is 12.2 Å². The molecule has 0 spiro atoms. The van der Waals surface area contributed by atoms with Crippen molar-refractivity contribution in [2.75, 3.05) is 6.54 Å². The van der Waals surface area contributed by atoms with Crippen LogP contribution in [0.3, 0.4) is 0 Å². The lowest BCUT2D eigenvalue weighted by atomic mass is 9.88. The average Bonchev–Trinajstić information content (AvgIpc) is 2.97. The van der Waals surface area contributed by atoms with Crippen LogP contribution < -0.4 is 4.74 Å². The maximum atomic E-state index is 11.7. The Morgan fingerprint density at radius 2 is 1.83 bits per heavy atom. The van der Waals surface area contributed by atoms with E-state index >= 15 is 0 Å². The molecule has 3 aliphatic rings. The number of benzene rings is 1. The van der Waals surface area contributed by atoms with Crippen molar-refractivity contribution in [1.29, 1.82) is 0 Å². The summed E-state index contributed by atoms with van der Waals surface area (Å²) in [6, 6.07) is 8.77. The van der Waals surface area contributed by atoms with Gasteiger partial charge in [0, 0.05) is 61.6 Å². The van der Waals surface area contributed by atoms with Crippen molar-refractivity contribution in [2.45, 2.75) is 44.9 Å². The summed E-state index contributed by atoms with van der Waals surface area (Å²) in [5, 5.41) is 1.02. The zero-order valence-corrected chi connectivity index (χ0v) is 17.8. The third kappa shape index (κ3) is 3.92. The number of amides is 1. The van der Waals surface area contributed by atoms with Gasteiger partial charge in [0.15, 0.2) is 0 Å². The second-order valence-corrected chi connectivity index (χ2v) is 9.07. The summed E-state index contributed by atoms with van der Waals surface area (Å²) in [5.74, 6) is 1.05. The molecule has 2 aliphatic heterocycles. The molecule has 154 valence electrons. The van der Waals surface area contributed by atoms with Crippen molar-refractivity contribution in [1.82, 2.24) is 14.8 Å². The molecular formula is C24H25N3O2S. The number of fused-ring (bicyclic) bond motifs is 1. The molecule has 0 unspecified atom stereocenters. The minimum Gasteiger partial charge on any atom is -0.490 e. The summed E-state index contributed by atoms with van der Waals surface area (Å²) in [5.41, 5.74) is 2.25. The first-order valence-corrected chi connectivity index (χ1v) is 11.3. The molecule has 3 heterocycles. The number of nitrogens with zero attached hydrogens (tertiary/aromatic N) is 3. The summed E-state index contributed by atoms with van der Waals surface area (Å²) < 4.78 is 6.16. The first-order chi connectivity index (χ1) is 14.7. The van der Waals surface area contributed by atoms with Crippen LogP contribution in [0.2, 0.25) is 0 Å². The molecule has 5 rings (SSSR count). The van der Waals surface area contributed by atoms with Gasteiger partial charge >= 0.3 is 0 Å². The fourth-order valence-electron chi connectivity index (χ4n) is 4.05. The first kappa shape index (κ1) is 19.1. The Morgan fingerprint density at radius 1 is 1.10 bits per heavy atom. The smallest absolute Gasteiger partial charge is 0.219 e. The number of hydrogen-bond donors (Lipinski definition) is 0. The lowest BCUT2D eigenvalue weighted by Crippen LogP contribution is -2.45. The highest BCUT2D eigenvalue weighted by atomic mass is 32.1. The number of allylic oxidation sites excluding steroid dienone is 4. The van der Waals surface area contributed by atoms with Crippen LogP contribution in [-0.2, 0) is 17.8 Å². The Labute approximate surface area is 181 Å². The van der Waals surface area contributed by atoms with E-state index in [-0.39, 0.29) is 12.0 Å². The summed E-state index contributed by atoms with van der Waals surface area (Å²) >= 11 is 1.69. The summed E-state index contributed by atoms with van der Waals surface area (Å²) in [4.78, 5) is 21.8. The molecule has 1 aromatic carbocycles. The molecule has 30 heavy (non-hydrogen) atoms. The molecule has 6 heteroatoms. The predicted molar refractivity (Wildman–Crippen MR) is 119 cm³/mol. The second-order valence-electron chi connectivity index (χ2n) is 7.98. The molecule has 0 atom stereocenters. The number of thiazole rings is 1. The van der Waals surface area contributed by atoms with Crippen molar-refractivity contribution < 1.29 is 9.53 Å². The van der Waals surface area contributed by atoms with Gasteiger partial charge in [-0.2, -0.15) is 0 Å². The normalized spacial score (nSPS) is 22.4. The minimum atomic E-state index is 0.134. The van der Waals surface area contributed by atoms with Crippen LogP contribution in [0.4, 0.5) is 0 Å². The summed E-state index contributed by atoms with van der Waals surface area (Å²) in [7, 11) is 0. The highest BCUT2D eigenvalue weighted by Gasteiger charge is 2.33. The summed E-state index contributed by atoms with van der Waals surface area (Å²) in [6.07, 6.45) is 15.6. The fraction of sp³-hybridized carbons (Fsp3) is 0.333. The molecule has 1 saturated carbocycles. The second kappa shape index (κ2) is 8.11. The van der Waals surface area contributed by atoms with Crippen LogP contribution in [0.5, 0.6) is 5.75 Å². The third-order valence-electron chi connectivity index (χ3n) is 5.92. The first-order valence-electron chi connectivity index (χ1n) is 10.5. The molecular weight excluding hydrogens is 394 g/mol. The van der Waals surface area contributed by atoms with Crippen molar-refractivity contribution in [3.05, 3.63) is 71.5 Å². The number of hydrogen-bond acceptors (Lipinski definition) is 5. The largest absolute Gasteiger partial charge is 0.490 e. The van der Waals surface area contributed by atoms with Gasteiger partial charge in [-0.1, -0.05) is 12.2 Å². The van der Waals surface area contributed by atoms with E-state index < -0.39 is 0 Å². The minimum absolute atomic E-state index is 0.134. The van der Waals surface area contributed by atoms with E-state index in [4.69, 9.17) is 9.72 Å². The highest BCUT2D eigenvalue weighted by molar-refractivity contribution is 7.15. The Balaban J connectivity index is 1.19. The number of aromatic nitrogens is 1. The van der Waals surface area contributed by atoms with Crippen LogP contribution in [0, 0.1) is 0 Å². The van der Waals surface area contributed by atoms with Crippen molar-refractivity contribution in [3.8, 4) is 16.3 Å². The van der Waals surface area contributed by atoms with Gasteiger partial charge in [0.2, 0.25) is 5.91 Å². The van der Waals surface area contributed by atoms with Crippen molar-refractivity contribution in [3.63, 3.8) is 0 Å². The van der Waals surface area contributed by atoms with Gasteiger partial charge in [-0.05, 0) is 36.4 Å². The maximum Gasteiger partial charge on any atom is 0.219 e. The van der Waals surface area contributed by atoms with E-state index in [0.29, 0.717) is 12.6 Å². The van der Waals surface area contributed by atoms with E-state index in [1.54, 1.807) is 18.3 Å². The monoisotopic (exact) mass is 419 g/mol. The SMILES string of the molecule is CC(=O)N1CCc2nc(-c3ccc(OC4CC(N5C=CC=CC=C5)C4)cc3)sc2C1. The van der Waals surface area contributed by atoms with E-state index in [2.05, 4.69) is 41.6 Å². The quantitative estimate of drug-likeness (QED) is 0.731. The van der Waals surface area contributed by atoms with Gasteiger partial charge in [-0.3, -0.25) is 4.79 Å². The van der Waals surface area contributed by atoms with Gasteiger partial charge in [0.1, 0.15) is 16.9 Å². The standard InChI is InChI=1S/C24H25N3O2S/c1-17(28)27-13-10-22-23(16-27)30-24(25-22)18-6-8-20(9-7-18)29-21-14-19(15-21)26-11-4-2-3-5-12-26/h2-9,11-12,19,21H,10,13-16H2,1H3. The van der Waals surface area contributed by atoms with Crippen LogP contribution >= 0.6 is 11.3 Å². The zero-order chi connectivity index (χ0) is 20.5. The molecule has 0 saturated heterocycles. The molecule has 1 amide bonds. The molecule has 5 nitrogen and oxygen atoms in total. The van der Waals surface area contributed by atoms with E-state index in [9.17, 15) is 4.79 Å². The molecule has 0 bridgehead atoms. The molecule has 1 fully saturated rings. The van der Waals surface area contributed by atoms with Crippen molar-refractivity contribution >= 4 is 17.2 Å². The number of carbonyl (C=O) groups excluding carboxylic acids is 1. The van der Waals surface area contributed by atoms with Crippen LogP contribution in [0.1, 0.15) is 30.3 Å². The zero-order valence-electron chi connectivity index (χ0n) is 17.0. The predicted octanol–water partition coefficient (Wildman–Crippen LogP) is 4.52. The van der Waals surface area contributed by atoms with E-state index in [1.165, 1.54) is 4.88 Å². The lowest BCUT2D eigenvalue weighted by Gasteiger charge is -2.40.